The maximum atomic E-state index is 9.89. The Morgan fingerprint density at radius 3 is 1.76 bits per heavy atom. The van der Waals surface area contributed by atoms with Gasteiger partial charge in [-0.15, -0.1) is 0 Å². The predicted octanol–water partition coefficient (Wildman–Crippen LogP) is 4.72. The lowest BCUT2D eigenvalue weighted by Crippen LogP contribution is -1.91. The van der Waals surface area contributed by atoms with Crippen LogP contribution in [0.5, 0.6) is 0 Å². The zero-order valence-corrected chi connectivity index (χ0v) is 11.7. The molecule has 0 aliphatic rings. The largest absolute Gasteiger partial charge is 0.468 e. The van der Waals surface area contributed by atoms with Gasteiger partial charge in [-0.2, -0.15) is 0 Å². The molecule has 2 nitrogen and oxygen atoms in total. The number of unbranched alkanes of at least 4 members (excludes halogenated alkanes) is 8. The van der Waals surface area contributed by atoms with Gasteiger partial charge in [0.25, 0.3) is 6.47 Å². The lowest BCUT2D eigenvalue weighted by Gasteiger charge is -2.04. The van der Waals surface area contributed by atoms with Crippen LogP contribution in [0.4, 0.5) is 0 Å². The molecular formula is C15H30O2. The van der Waals surface area contributed by atoms with Gasteiger partial charge in [-0.25, -0.2) is 0 Å². The van der Waals surface area contributed by atoms with Gasteiger partial charge >= 0.3 is 0 Å². The molecule has 0 aromatic rings. The van der Waals surface area contributed by atoms with Crippen molar-refractivity contribution in [3.8, 4) is 0 Å². The van der Waals surface area contributed by atoms with Crippen molar-refractivity contribution in [2.45, 2.75) is 78.1 Å². The summed E-state index contributed by atoms with van der Waals surface area (Å²) in [6.45, 7) is 5.73. The van der Waals surface area contributed by atoms with Gasteiger partial charge in [0.1, 0.15) is 0 Å². The number of carbonyl (C=O) groups is 1. The molecule has 0 aliphatic carbocycles. The van der Waals surface area contributed by atoms with Crippen LogP contribution in [0.1, 0.15) is 78.1 Å². The van der Waals surface area contributed by atoms with E-state index < -0.39 is 0 Å². The minimum Gasteiger partial charge on any atom is -0.468 e. The lowest BCUT2D eigenvalue weighted by molar-refractivity contribution is -0.128. The molecule has 0 saturated heterocycles. The van der Waals surface area contributed by atoms with Gasteiger partial charge in [0, 0.05) is 0 Å². The van der Waals surface area contributed by atoms with Gasteiger partial charge in [-0.05, 0) is 12.3 Å². The van der Waals surface area contributed by atoms with Crippen LogP contribution in [0.25, 0.3) is 0 Å². The third-order valence-corrected chi connectivity index (χ3v) is 3.11. The molecule has 0 N–H and O–H groups in total. The van der Waals surface area contributed by atoms with Crippen molar-refractivity contribution in [2.24, 2.45) is 5.92 Å². The van der Waals surface area contributed by atoms with Crippen LogP contribution in [-0.4, -0.2) is 13.1 Å². The molecule has 0 amide bonds. The quantitative estimate of drug-likeness (QED) is 0.345. The van der Waals surface area contributed by atoms with Crippen molar-refractivity contribution >= 4 is 6.47 Å². The summed E-state index contributed by atoms with van der Waals surface area (Å²) in [5.41, 5.74) is 0. The molecule has 0 fully saturated rings. The van der Waals surface area contributed by atoms with Crippen LogP contribution in [0.2, 0.25) is 0 Å². The van der Waals surface area contributed by atoms with Crippen LogP contribution < -0.4 is 0 Å². The Bertz CT molecular complexity index is 155. The summed E-state index contributed by atoms with van der Waals surface area (Å²) >= 11 is 0. The molecule has 0 aromatic carbocycles. The second-order valence-electron chi connectivity index (χ2n) is 5.33. The fraction of sp³-hybridized carbons (Fsp3) is 0.933. The van der Waals surface area contributed by atoms with E-state index in [-0.39, 0.29) is 0 Å². The molecule has 0 unspecified atom stereocenters. The topological polar surface area (TPSA) is 26.3 Å². The highest BCUT2D eigenvalue weighted by Crippen LogP contribution is 2.12. The predicted molar refractivity (Wildman–Crippen MR) is 73.0 cm³/mol. The first kappa shape index (κ1) is 16.5. The highest BCUT2D eigenvalue weighted by atomic mass is 16.5. The summed E-state index contributed by atoms with van der Waals surface area (Å²) in [6, 6.07) is 0. The van der Waals surface area contributed by atoms with Gasteiger partial charge in [0.15, 0.2) is 0 Å². The first-order chi connectivity index (χ1) is 8.27. The first-order valence-electron chi connectivity index (χ1n) is 7.32. The highest BCUT2D eigenvalue weighted by Gasteiger charge is 1.95. The Morgan fingerprint density at radius 2 is 1.29 bits per heavy atom. The maximum absolute atomic E-state index is 9.89. The highest BCUT2D eigenvalue weighted by molar-refractivity contribution is 5.36. The number of ether oxygens (including phenoxy) is 1. The van der Waals surface area contributed by atoms with Crippen LogP contribution in [-0.2, 0) is 9.53 Å². The normalized spacial score (nSPS) is 10.8. The third kappa shape index (κ3) is 15.5. The van der Waals surface area contributed by atoms with E-state index in [0.717, 1.165) is 12.3 Å². The number of hydrogen-bond acceptors (Lipinski definition) is 2. The molecule has 17 heavy (non-hydrogen) atoms. The Hall–Kier alpha value is -0.530. The van der Waals surface area contributed by atoms with Gasteiger partial charge in [-0.3, -0.25) is 4.79 Å². The van der Waals surface area contributed by atoms with Crippen molar-refractivity contribution in [2.75, 3.05) is 6.61 Å². The van der Waals surface area contributed by atoms with Crippen molar-refractivity contribution < 1.29 is 9.53 Å². The van der Waals surface area contributed by atoms with E-state index >= 15 is 0 Å². The Morgan fingerprint density at radius 1 is 0.824 bits per heavy atom. The van der Waals surface area contributed by atoms with E-state index in [2.05, 4.69) is 18.6 Å². The maximum Gasteiger partial charge on any atom is 0.293 e. The Balaban J connectivity index is 2.91. The van der Waals surface area contributed by atoms with Crippen LogP contribution >= 0.6 is 0 Å². The monoisotopic (exact) mass is 242 g/mol. The van der Waals surface area contributed by atoms with E-state index in [9.17, 15) is 4.79 Å². The second kappa shape index (κ2) is 13.5. The zero-order chi connectivity index (χ0) is 12.8. The van der Waals surface area contributed by atoms with Crippen molar-refractivity contribution in [3.63, 3.8) is 0 Å². The van der Waals surface area contributed by atoms with Gasteiger partial charge < -0.3 is 4.74 Å². The van der Waals surface area contributed by atoms with Gasteiger partial charge in [0.05, 0.1) is 6.61 Å². The molecule has 0 bridgehead atoms. The van der Waals surface area contributed by atoms with Crippen LogP contribution in [0.15, 0.2) is 0 Å². The summed E-state index contributed by atoms with van der Waals surface area (Å²) < 4.78 is 4.64. The molecule has 0 rings (SSSR count). The third-order valence-electron chi connectivity index (χ3n) is 3.11. The average Bonchev–Trinajstić information content (AvgIpc) is 2.30. The molecule has 0 atom stereocenters. The molecule has 0 spiro atoms. The van der Waals surface area contributed by atoms with Gasteiger partial charge in [-0.1, -0.05) is 71.6 Å². The lowest BCUT2D eigenvalue weighted by atomic mass is 10.0. The summed E-state index contributed by atoms with van der Waals surface area (Å²) in [7, 11) is 0. The summed E-state index contributed by atoms with van der Waals surface area (Å²) in [4.78, 5) is 9.89. The zero-order valence-electron chi connectivity index (χ0n) is 11.7. The van der Waals surface area contributed by atoms with E-state index in [4.69, 9.17) is 0 Å². The Labute approximate surface area is 107 Å². The standard InChI is InChI=1S/C15H30O2/c1-15(2)12-10-8-6-4-3-5-7-9-11-13-17-14-16/h14-15H,3-13H2,1-2H3. The second-order valence-corrected chi connectivity index (χ2v) is 5.33. The molecule has 102 valence electrons. The Kier molecular flexibility index (Phi) is 13.1. The van der Waals surface area contributed by atoms with Crippen molar-refractivity contribution in [1.29, 1.82) is 0 Å². The van der Waals surface area contributed by atoms with Crippen molar-refractivity contribution in [3.05, 3.63) is 0 Å². The molecule has 0 aromatic heterocycles. The molecule has 2 heteroatoms. The van der Waals surface area contributed by atoms with E-state index in [1.807, 2.05) is 0 Å². The number of hydrogen-bond donors (Lipinski definition) is 0. The van der Waals surface area contributed by atoms with E-state index in [1.54, 1.807) is 0 Å². The fourth-order valence-electron chi connectivity index (χ4n) is 2.02. The molecule has 0 saturated carbocycles. The minimum absolute atomic E-state index is 0.539. The summed E-state index contributed by atoms with van der Waals surface area (Å²) in [5, 5.41) is 0. The smallest absolute Gasteiger partial charge is 0.293 e. The molecule has 0 radical (unpaired) electrons. The molecule has 0 aliphatic heterocycles. The van der Waals surface area contributed by atoms with Crippen LogP contribution in [0.3, 0.4) is 0 Å². The first-order valence-corrected chi connectivity index (χ1v) is 7.32. The number of carbonyl (C=O) groups excluding carboxylic acids is 1. The minimum atomic E-state index is 0.539. The summed E-state index contributed by atoms with van der Waals surface area (Å²) in [5.74, 6) is 0.864. The van der Waals surface area contributed by atoms with E-state index in [0.29, 0.717) is 13.1 Å². The average molecular weight is 242 g/mol. The van der Waals surface area contributed by atoms with E-state index in [1.165, 1.54) is 57.8 Å². The van der Waals surface area contributed by atoms with Crippen molar-refractivity contribution in [1.82, 2.24) is 0 Å². The van der Waals surface area contributed by atoms with Gasteiger partial charge in [0.2, 0.25) is 0 Å². The summed E-state index contributed by atoms with van der Waals surface area (Å²) in [6.07, 6.45) is 13.2. The molecule has 0 heterocycles. The SMILES string of the molecule is CC(C)CCCCCCCCCCCOC=O. The fourth-order valence-corrected chi connectivity index (χ4v) is 2.02. The molecular weight excluding hydrogens is 212 g/mol. The van der Waals surface area contributed by atoms with Crippen LogP contribution in [0, 0.1) is 5.92 Å². The number of rotatable bonds is 13.